The van der Waals surface area contributed by atoms with Gasteiger partial charge in [0.1, 0.15) is 0 Å². The zero-order valence-electron chi connectivity index (χ0n) is 12.7. The fourth-order valence-electron chi connectivity index (χ4n) is 1.88. The number of dihydropyridines is 1. The Hall–Kier alpha value is -2.83. The van der Waals surface area contributed by atoms with E-state index in [0.717, 1.165) is 19.4 Å². The van der Waals surface area contributed by atoms with E-state index in [2.05, 4.69) is 25.8 Å². The number of unbranched alkanes of at least 4 members (excludes halogenated alkanes) is 1. The van der Waals surface area contributed by atoms with Crippen molar-refractivity contribution in [3.8, 4) is 0 Å². The molecule has 0 aromatic carbocycles. The topological polar surface area (TPSA) is 95.8 Å². The fraction of sp³-hybridized carbons (Fsp3) is 0.312. The highest BCUT2D eigenvalue weighted by Gasteiger charge is 2.06. The van der Waals surface area contributed by atoms with Crippen molar-refractivity contribution in [2.45, 2.75) is 12.8 Å². The van der Waals surface area contributed by atoms with Crippen LogP contribution >= 0.6 is 0 Å². The summed E-state index contributed by atoms with van der Waals surface area (Å²) in [5.41, 5.74) is 1.05. The fourth-order valence-corrected chi connectivity index (χ4v) is 1.88. The molecule has 0 atom stereocenters. The summed E-state index contributed by atoms with van der Waals surface area (Å²) in [6.07, 6.45) is 9.88. The first-order valence-corrected chi connectivity index (χ1v) is 7.47. The van der Waals surface area contributed by atoms with Crippen LogP contribution in [0.5, 0.6) is 0 Å². The van der Waals surface area contributed by atoms with Crippen LogP contribution in [0.3, 0.4) is 0 Å². The van der Waals surface area contributed by atoms with E-state index in [9.17, 15) is 9.59 Å². The quantitative estimate of drug-likeness (QED) is 0.590. The molecule has 0 spiro atoms. The summed E-state index contributed by atoms with van der Waals surface area (Å²) in [6.45, 7) is 1.73. The standard InChI is InChI=1S/C16H19N5O2/c22-15(13-5-3-7-17-11-13)19-9-1-2-10-20-21-16(23)14-6-4-8-18-12-14/h3-7,11-12,18H,1-2,8-10H2,(H,19,22). The minimum atomic E-state index is -0.349. The summed E-state index contributed by atoms with van der Waals surface area (Å²) in [5, 5.41) is 13.3. The summed E-state index contributed by atoms with van der Waals surface area (Å²) in [5.74, 6) is -0.489. The van der Waals surface area contributed by atoms with E-state index in [4.69, 9.17) is 0 Å². The van der Waals surface area contributed by atoms with Gasteiger partial charge < -0.3 is 10.6 Å². The lowest BCUT2D eigenvalue weighted by molar-refractivity contribution is -0.114. The second-order valence-corrected chi connectivity index (χ2v) is 4.89. The average molecular weight is 313 g/mol. The van der Waals surface area contributed by atoms with Crippen molar-refractivity contribution in [2.24, 2.45) is 10.2 Å². The van der Waals surface area contributed by atoms with Crippen molar-refractivity contribution in [1.82, 2.24) is 15.6 Å². The molecule has 0 saturated carbocycles. The normalized spacial score (nSPS) is 13.5. The van der Waals surface area contributed by atoms with Crippen LogP contribution in [0.15, 0.2) is 58.7 Å². The summed E-state index contributed by atoms with van der Waals surface area (Å²) >= 11 is 0. The zero-order chi connectivity index (χ0) is 16.3. The number of carbonyl (C=O) groups is 2. The number of azo groups is 1. The Kier molecular flexibility index (Phi) is 6.65. The summed E-state index contributed by atoms with van der Waals surface area (Å²) in [4.78, 5) is 27.3. The van der Waals surface area contributed by atoms with Crippen molar-refractivity contribution >= 4 is 11.8 Å². The molecular formula is C16H19N5O2. The molecule has 0 unspecified atom stereocenters. The molecule has 0 bridgehead atoms. The monoisotopic (exact) mass is 313 g/mol. The van der Waals surface area contributed by atoms with Gasteiger partial charge in [-0.2, -0.15) is 5.11 Å². The van der Waals surface area contributed by atoms with Gasteiger partial charge in [-0.05, 0) is 25.0 Å². The highest BCUT2D eigenvalue weighted by atomic mass is 16.2. The van der Waals surface area contributed by atoms with E-state index in [1.807, 2.05) is 6.08 Å². The minimum Gasteiger partial charge on any atom is -0.387 e. The molecule has 1 aromatic heterocycles. The first kappa shape index (κ1) is 16.5. The molecule has 0 radical (unpaired) electrons. The van der Waals surface area contributed by atoms with Crippen LogP contribution < -0.4 is 10.6 Å². The molecule has 0 aliphatic carbocycles. The Balaban J connectivity index is 1.58. The first-order chi connectivity index (χ1) is 11.3. The second-order valence-electron chi connectivity index (χ2n) is 4.89. The number of nitrogens with zero attached hydrogens (tertiary/aromatic N) is 3. The first-order valence-electron chi connectivity index (χ1n) is 7.47. The van der Waals surface area contributed by atoms with Crippen molar-refractivity contribution in [2.75, 3.05) is 19.6 Å². The molecule has 0 saturated heterocycles. The molecule has 0 fully saturated rings. The Bertz CT molecular complexity index is 623. The summed E-state index contributed by atoms with van der Waals surface area (Å²) in [7, 11) is 0. The SMILES string of the molecule is O=C(N=NCCCCNC(=O)c1cccnc1)C1=CNCC=C1. The van der Waals surface area contributed by atoms with Crippen LogP contribution in [0.4, 0.5) is 0 Å². The van der Waals surface area contributed by atoms with Gasteiger partial charge in [-0.1, -0.05) is 12.2 Å². The van der Waals surface area contributed by atoms with Crippen LogP contribution in [-0.2, 0) is 4.79 Å². The number of hydrogen-bond acceptors (Lipinski definition) is 5. The number of hydrogen-bond donors (Lipinski definition) is 2. The van der Waals surface area contributed by atoms with Gasteiger partial charge in [0.15, 0.2) is 0 Å². The summed E-state index contributed by atoms with van der Waals surface area (Å²) in [6, 6.07) is 3.43. The molecule has 23 heavy (non-hydrogen) atoms. The Morgan fingerprint density at radius 1 is 1.35 bits per heavy atom. The molecule has 2 heterocycles. The molecule has 7 nitrogen and oxygen atoms in total. The predicted octanol–water partition coefficient (Wildman–Crippen LogP) is 1.61. The number of pyridine rings is 1. The minimum absolute atomic E-state index is 0.140. The van der Waals surface area contributed by atoms with E-state index in [0.29, 0.717) is 24.2 Å². The average Bonchev–Trinajstić information content (AvgIpc) is 2.62. The van der Waals surface area contributed by atoms with Crippen LogP contribution in [0, 0.1) is 0 Å². The molecular weight excluding hydrogens is 294 g/mol. The molecule has 1 aliphatic rings. The van der Waals surface area contributed by atoms with Gasteiger partial charge in [0.2, 0.25) is 0 Å². The Morgan fingerprint density at radius 2 is 2.26 bits per heavy atom. The van der Waals surface area contributed by atoms with E-state index in [1.54, 1.807) is 30.6 Å². The maximum atomic E-state index is 11.7. The molecule has 120 valence electrons. The third kappa shape index (κ3) is 5.82. The molecule has 2 rings (SSSR count). The summed E-state index contributed by atoms with van der Waals surface area (Å²) < 4.78 is 0. The van der Waals surface area contributed by atoms with Gasteiger partial charge in [-0.25, -0.2) is 0 Å². The van der Waals surface area contributed by atoms with Crippen molar-refractivity contribution in [1.29, 1.82) is 0 Å². The van der Waals surface area contributed by atoms with Gasteiger partial charge in [-0.15, -0.1) is 5.11 Å². The van der Waals surface area contributed by atoms with Crippen LogP contribution in [0.25, 0.3) is 0 Å². The van der Waals surface area contributed by atoms with E-state index in [-0.39, 0.29) is 11.8 Å². The van der Waals surface area contributed by atoms with Crippen LogP contribution in [0.1, 0.15) is 23.2 Å². The predicted molar refractivity (Wildman–Crippen MR) is 85.8 cm³/mol. The van der Waals surface area contributed by atoms with Gasteiger partial charge >= 0.3 is 0 Å². The van der Waals surface area contributed by atoms with Crippen molar-refractivity contribution < 1.29 is 9.59 Å². The largest absolute Gasteiger partial charge is 0.387 e. The van der Waals surface area contributed by atoms with E-state index >= 15 is 0 Å². The van der Waals surface area contributed by atoms with Crippen molar-refractivity contribution in [3.63, 3.8) is 0 Å². The number of rotatable bonds is 7. The van der Waals surface area contributed by atoms with Crippen LogP contribution in [-0.4, -0.2) is 36.4 Å². The molecule has 1 aromatic rings. The number of aromatic nitrogens is 1. The zero-order valence-corrected chi connectivity index (χ0v) is 12.7. The third-order valence-electron chi connectivity index (χ3n) is 3.09. The maximum absolute atomic E-state index is 11.7. The lowest BCUT2D eigenvalue weighted by atomic mass is 10.2. The van der Waals surface area contributed by atoms with Crippen LogP contribution in [0.2, 0.25) is 0 Å². The Labute approximate surface area is 134 Å². The van der Waals surface area contributed by atoms with Gasteiger partial charge in [-0.3, -0.25) is 14.6 Å². The van der Waals surface area contributed by atoms with Gasteiger partial charge in [0.05, 0.1) is 17.7 Å². The van der Waals surface area contributed by atoms with E-state index in [1.165, 1.54) is 6.20 Å². The third-order valence-corrected chi connectivity index (χ3v) is 3.09. The Morgan fingerprint density at radius 3 is 3.00 bits per heavy atom. The van der Waals surface area contributed by atoms with E-state index < -0.39 is 0 Å². The smallest absolute Gasteiger partial charge is 0.296 e. The second kappa shape index (κ2) is 9.24. The lowest BCUT2D eigenvalue weighted by Crippen LogP contribution is -2.24. The number of carbonyl (C=O) groups excluding carboxylic acids is 2. The molecule has 2 amide bonds. The molecule has 2 N–H and O–H groups in total. The number of nitrogens with one attached hydrogen (secondary N) is 2. The molecule has 1 aliphatic heterocycles. The maximum Gasteiger partial charge on any atom is 0.296 e. The highest BCUT2D eigenvalue weighted by Crippen LogP contribution is 2.03. The van der Waals surface area contributed by atoms with Gasteiger partial charge in [0.25, 0.3) is 11.8 Å². The highest BCUT2D eigenvalue weighted by molar-refractivity contribution is 5.96. The number of amides is 2. The lowest BCUT2D eigenvalue weighted by Gasteiger charge is -2.04. The van der Waals surface area contributed by atoms with Gasteiger partial charge in [0, 0.05) is 31.7 Å². The van der Waals surface area contributed by atoms with Crippen molar-refractivity contribution in [3.05, 3.63) is 54.0 Å². The molecule has 7 heteroatoms.